The first-order chi connectivity index (χ1) is 14.7. The Morgan fingerprint density at radius 2 is 1.73 bits per heavy atom. The molecule has 0 saturated carbocycles. The fourth-order valence-electron chi connectivity index (χ4n) is 4.70. The van der Waals surface area contributed by atoms with E-state index in [1.54, 1.807) is 0 Å². The zero-order valence-electron chi connectivity index (χ0n) is 17.2. The molecule has 0 N–H and O–H groups in total. The summed E-state index contributed by atoms with van der Waals surface area (Å²) in [4.78, 5) is 13.1. The molecule has 5 rings (SSSR count). The van der Waals surface area contributed by atoms with Crippen LogP contribution in [0.2, 0.25) is 0 Å². The van der Waals surface area contributed by atoms with Crippen LogP contribution in [0.1, 0.15) is 43.2 Å². The second-order valence-electron chi connectivity index (χ2n) is 8.23. The monoisotopic (exact) mass is 402 g/mol. The molecule has 0 aliphatic carbocycles. The van der Waals surface area contributed by atoms with E-state index in [1.165, 1.54) is 16.3 Å². The lowest BCUT2D eigenvalue weighted by molar-refractivity contribution is -0.195. The molecule has 0 unspecified atom stereocenters. The smallest absolute Gasteiger partial charge is 0.202 e. The van der Waals surface area contributed by atoms with E-state index in [-0.39, 0.29) is 11.7 Å². The van der Waals surface area contributed by atoms with Gasteiger partial charge in [0.15, 0.2) is 11.9 Å². The number of hydrogen-bond acceptors (Lipinski definition) is 4. The van der Waals surface area contributed by atoms with Gasteiger partial charge in [0.2, 0.25) is 5.79 Å². The molecule has 154 valence electrons. The molecule has 4 heteroatoms. The molecule has 0 amide bonds. The Labute approximate surface area is 176 Å². The maximum absolute atomic E-state index is 13.1. The van der Waals surface area contributed by atoms with Crippen LogP contribution in [0, 0.1) is 0 Å². The Balaban J connectivity index is 1.31. The highest BCUT2D eigenvalue weighted by Gasteiger charge is 2.48. The molecule has 2 aliphatic heterocycles. The predicted molar refractivity (Wildman–Crippen MR) is 116 cm³/mol. The highest BCUT2D eigenvalue weighted by Crippen LogP contribution is 2.45. The molecule has 3 aromatic carbocycles. The van der Waals surface area contributed by atoms with E-state index in [4.69, 9.17) is 14.2 Å². The van der Waals surface area contributed by atoms with E-state index in [0.29, 0.717) is 31.8 Å². The van der Waals surface area contributed by atoms with Gasteiger partial charge in [-0.05, 0) is 40.8 Å². The summed E-state index contributed by atoms with van der Waals surface area (Å²) in [6.07, 6.45) is 1.11. The first-order valence-corrected chi connectivity index (χ1v) is 10.7. The van der Waals surface area contributed by atoms with Crippen molar-refractivity contribution in [2.75, 3.05) is 13.2 Å². The van der Waals surface area contributed by atoms with Crippen LogP contribution in [0.25, 0.3) is 10.8 Å². The summed E-state index contributed by atoms with van der Waals surface area (Å²) in [6.45, 7) is 3.26. The van der Waals surface area contributed by atoms with Crippen LogP contribution < -0.4 is 4.74 Å². The molecule has 1 spiro atoms. The third-order valence-electron chi connectivity index (χ3n) is 6.31. The van der Waals surface area contributed by atoms with E-state index in [2.05, 4.69) is 49.4 Å². The van der Waals surface area contributed by atoms with Crippen LogP contribution in [-0.4, -0.2) is 25.1 Å². The Morgan fingerprint density at radius 3 is 2.60 bits per heavy atom. The Kier molecular flexibility index (Phi) is 5.05. The van der Waals surface area contributed by atoms with Crippen LogP contribution in [0.5, 0.6) is 5.75 Å². The van der Waals surface area contributed by atoms with Gasteiger partial charge >= 0.3 is 0 Å². The van der Waals surface area contributed by atoms with Crippen molar-refractivity contribution in [3.8, 4) is 5.75 Å². The van der Waals surface area contributed by atoms with E-state index >= 15 is 0 Å². The van der Waals surface area contributed by atoms with Crippen molar-refractivity contribution < 1.29 is 19.0 Å². The number of fused-ring (bicyclic) bond motifs is 3. The fourth-order valence-corrected chi connectivity index (χ4v) is 4.70. The maximum atomic E-state index is 13.1. The summed E-state index contributed by atoms with van der Waals surface area (Å²) in [5.41, 5.74) is 2.17. The summed E-state index contributed by atoms with van der Waals surface area (Å²) in [7, 11) is 0. The van der Waals surface area contributed by atoms with Crippen molar-refractivity contribution >= 4 is 16.6 Å². The Hall–Kier alpha value is -2.69. The van der Waals surface area contributed by atoms with Gasteiger partial charge in [-0.15, -0.1) is 0 Å². The summed E-state index contributed by atoms with van der Waals surface area (Å²) in [6, 6.07) is 22.5. The van der Waals surface area contributed by atoms with Gasteiger partial charge in [-0.3, -0.25) is 4.79 Å². The van der Waals surface area contributed by atoms with Crippen molar-refractivity contribution in [2.24, 2.45) is 0 Å². The average molecular weight is 402 g/mol. The minimum atomic E-state index is -0.851. The van der Waals surface area contributed by atoms with Crippen molar-refractivity contribution in [3.63, 3.8) is 0 Å². The molecule has 1 saturated heterocycles. The normalized spacial score (nSPS) is 20.6. The van der Waals surface area contributed by atoms with Crippen LogP contribution in [0.15, 0.2) is 66.7 Å². The van der Waals surface area contributed by atoms with Gasteiger partial charge in [0, 0.05) is 6.42 Å². The van der Waals surface area contributed by atoms with Crippen LogP contribution >= 0.6 is 0 Å². The molecule has 3 aromatic rings. The molecule has 0 bridgehead atoms. The third-order valence-corrected chi connectivity index (χ3v) is 6.31. The van der Waals surface area contributed by atoms with Gasteiger partial charge in [-0.1, -0.05) is 61.5 Å². The first kappa shape index (κ1) is 19.3. The molecular weight excluding hydrogens is 376 g/mol. The Bertz CT molecular complexity index is 1060. The minimum Gasteiger partial charge on any atom is -0.482 e. The molecule has 2 heterocycles. The SMILES string of the molecule is C[C@@H](CCC(=O)[C@H]1CC2(OCCO2)c2ccccc2O1)c1cccc2ccccc12. The minimum absolute atomic E-state index is 0.107. The van der Waals surface area contributed by atoms with Crippen molar-refractivity contribution in [3.05, 3.63) is 77.9 Å². The zero-order valence-corrected chi connectivity index (χ0v) is 17.2. The van der Waals surface area contributed by atoms with Gasteiger partial charge in [-0.2, -0.15) is 0 Å². The lowest BCUT2D eigenvalue weighted by Crippen LogP contribution is -2.43. The Morgan fingerprint density at radius 1 is 1.00 bits per heavy atom. The first-order valence-electron chi connectivity index (χ1n) is 10.7. The van der Waals surface area contributed by atoms with E-state index < -0.39 is 11.9 Å². The van der Waals surface area contributed by atoms with E-state index in [9.17, 15) is 4.79 Å². The molecule has 1 fully saturated rings. The molecule has 4 nitrogen and oxygen atoms in total. The number of Topliss-reactive ketones (excluding diaryl/α,β-unsaturated/α-hetero) is 1. The summed E-state index contributed by atoms with van der Waals surface area (Å²) in [5.74, 6) is 0.223. The predicted octanol–water partition coefficient (Wildman–Crippen LogP) is 5.34. The summed E-state index contributed by atoms with van der Waals surface area (Å²) >= 11 is 0. The molecular formula is C26H26O4. The van der Waals surface area contributed by atoms with Gasteiger partial charge in [0.25, 0.3) is 0 Å². The average Bonchev–Trinajstić information content (AvgIpc) is 3.25. The third kappa shape index (κ3) is 3.40. The topological polar surface area (TPSA) is 44.8 Å². The largest absolute Gasteiger partial charge is 0.482 e. The summed E-state index contributed by atoms with van der Waals surface area (Å²) < 4.78 is 18.0. The van der Waals surface area contributed by atoms with E-state index in [1.807, 2.05) is 24.3 Å². The standard InChI is InChI=1S/C26H26O4/c1-18(20-10-6-8-19-7-2-3-9-21(19)20)13-14-23(27)25-17-26(28-15-16-29-26)22-11-4-5-12-24(22)30-25/h2-12,18,25H,13-17H2,1H3/t18-,25+/m0/s1. The highest BCUT2D eigenvalue weighted by molar-refractivity contribution is 5.86. The number of ketones is 1. The number of carbonyl (C=O) groups is 1. The molecule has 2 aliphatic rings. The number of para-hydroxylation sites is 1. The highest BCUT2D eigenvalue weighted by atomic mass is 16.7. The van der Waals surface area contributed by atoms with Gasteiger partial charge in [0.1, 0.15) is 5.75 Å². The van der Waals surface area contributed by atoms with Gasteiger partial charge in [-0.25, -0.2) is 0 Å². The lowest BCUT2D eigenvalue weighted by Gasteiger charge is -2.37. The summed E-state index contributed by atoms with van der Waals surface area (Å²) in [5, 5.41) is 2.49. The molecule has 2 atom stereocenters. The molecule has 0 radical (unpaired) electrons. The number of rotatable bonds is 5. The quantitative estimate of drug-likeness (QED) is 0.578. The van der Waals surface area contributed by atoms with Crippen LogP contribution in [-0.2, 0) is 20.1 Å². The molecule has 0 aromatic heterocycles. The van der Waals surface area contributed by atoms with E-state index in [0.717, 1.165) is 12.0 Å². The van der Waals surface area contributed by atoms with Crippen molar-refractivity contribution in [1.82, 2.24) is 0 Å². The maximum Gasteiger partial charge on any atom is 0.202 e. The fraction of sp³-hybridized carbons (Fsp3) is 0.346. The number of carbonyl (C=O) groups excluding carboxylic acids is 1. The number of hydrogen-bond donors (Lipinski definition) is 0. The number of ether oxygens (including phenoxy) is 3. The molecule has 30 heavy (non-hydrogen) atoms. The van der Waals surface area contributed by atoms with Crippen LogP contribution in [0.4, 0.5) is 0 Å². The van der Waals surface area contributed by atoms with Gasteiger partial charge < -0.3 is 14.2 Å². The van der Waals surface area contributed by atoms with Crippen molar-refractivity contribution in [2.45, 2.75) is 44.0 Å². The number of benzene rings is 3. The van der Waals surface area contributed by atoms with Crippen LogP contribution in [0.3, 0.4) is 0 Å². The van der Waals surface area contributed by atoms with Crippen molar-refractivity contribution in [1.29, 1.82) is 0 Å². The lowest BCUT2D eigenvalue weighted by atomic mass is 9.88. The second-order valence-corrected chi connectivity index (χ2v) is 8.23. The van der Waals surface area contributed by atoms with Gasteiger partial charge in [0.05, 0.1) is 25.2 Å². The zero-order chi connectivity index (χ0) is 20.6. The second kappa shape index (κ2) is 7.86.